The van der Waals surface area contributed by atoms with E-state index in [9.17, 15) is 5.11 Å². The summed E-state index contributed by atoms with van der Waals surface area (Å²) < 4.78 is 6.26. The summed E-state index contributed by atoms with van der Waals surface area (Å²) in [6, 6.07) is 17.5. The molecule has 0 aliphatic carbocycles. The number of piperidine rings is 1. The van der Waals surface area contributed by atoms with Crippen LogP contribution in [0.3, 0.4) is 0 Å². The van der Waals surface area contributed by atoms with E-state index in [1.54, 1.807) is 6.20 Å². The predicted octanol–water partition coefficient (Wildman–Crippen LogP) is 5.02. The van der Waals surface area contributed by atoms with Crippen LogP contribution in [0.5, 0.6) is 11.6 Å². The van der Waals surface area contributed by atoms with E-state index in [1.165, 1.54) is 0 Å². The van der Waals surface area contributed by atoms with E-state index in [2.05, 4.69) is 42.7 Å². The summed E-state index contributed by atoms with van der Waals surface area (Å²) in [5.41, 5.74) is 4.25. The van der Waals surface area contributed by atoms with Crippen LogP contribution in [-0.2, 0) is 12.0 Å². The van der Waals surface area contributed by atoms with Crippen molar-refractivity contribution in [1.29, 1.82) is 0 Å². The average molecular weight is 515 g/mol. The Morgan fingerprint density at radius 2 is 1.86 bits per heavy atom. The summed E-state index contributed by atoms with van der Waals surface area (Å²) in [4.78, 5) is 6.93. The fourth-order valence-corrected chi connectivity index (χ4v) is 5.37. The molecule has 2 aromatic heterocycles. The molecule has 2 aliphatic rings. The van der Waals surface area contributed by atoms with E-state index < -0.39 is 5.60 Å². The van der Waals surface area contributed by atoms with Gasteiger partial charge in [0.25, 0.3) is 0 Å². The lowest BCUT2D eigenvalue weighted by Crippen LogP contribution is -2.42. The highest BCUT2D eigenvalue weighted by Gasteiger charge is 2.33. The van der Waals surface area contributed by atoms with Crippen LogP contribution in [0.25, 0.3) is 17.0 Å². The summed E-state index contributed by atoms with van der Waals surface area (Å²) in [7, 11) is 0. The highest BCUT2D eigenvalue weighted by Crippen LogP contribution is 2.41. The van der Waals surface area contributed by atoms with Gasteiger partial charge in [-0.15, -0.1) is 5.10 Å². The van der Waals surface area contributed by atoms with Gasteiger partial charge in [-0.1, -0.05) is 41.9 Å². The summed E-state index contributed by atoms with van der Waals surface area (Å²) in [5.74, 6) is 1.97. The zero-order valence-electron chi connectivity index (χ0n) is 20.3. The number of rotatable bonds is 5. The molecule has 0 atom stereocenters. The Morgan fingerprint density at radius 1 is 1.05 bits per heavy atom. The molecule has 0 unspecified atom stereocenters. The lowest BCUT2D eigenvalue weighted by molar-refractivity contribution is -0.0254. The van der Waals surface area contributed by atoms with E-state index in [1.807, 2.05) is 48.5 Å². The second-order valence-corrected chi connectivity index (χ2v) is 10.0. The third-order valence-electron chi connectivity index (χ3n) is 7.33. The molecule has 4 aromatic rings. The molecule has 0 spiro atoms. The van der Waals surface area contributed by atoms with Gasteiger partial charge < -0.3 is 14.7 Å². The van der Waals surface area contributed by atoms with Gasteiger partial charge in [-0.05, 0) is 71.2 Å². The number of tetrazole rings is 1. The van der Waals surface area contributed by atoms with Crippen molar-refractivity contribution in [3.63, 3.8) is 0 Å². The van der Waals surface area contributed by atoms with Gasteiger partial charge in [0, 0.05) is 54.0 Å². The van der Waals surface area contributed by atoms with Gasteiger partial charge in [-0.2, -0.15) is 0 Å². The standard InChI is InChI=1S/C28H27ClN6O2/c29-21-10-8-20(9-11-21)28(36)12-16-35(17-13-28)15-3-4-19-18-24-23(26-31-33-34-32-26)5-1-7-25(24)37-27-22(19)6-2-14-30-27/h1-2,4-11,14,36H,3,12-13,15-18H2,(H,31,32,33,34)/b19-4-. The minimum atomic E-state index is -0.793. The molecule has 0 bridgehead atoms. The predicted molar refractivity (Wildman–Crippen MR) is 141 cm³/mol. The topological polar surface area (TPSA) is 100 Å². The maximum Gasteiger partial charge on any atom is 0.226 e. The Kier molecular flexibility index (Phi) is 6.46. The number of pyridine rings is 1. The van der Waals surface area contributed by atoms with Gasteiger partial charge in [0.2, 0.25) is 5.88 Å². The van der Waals surface area contributed by atoms with Crippen molar-refractivity contribution in [3.8, 4) is 23.0 Å². The van der Waals surface area contributed by atoms with Crippen LogP contribution in [0.1, 0.15) is 36.0 Å². The van der Waals surface area contributed by atoms with Gasteiger partial charge in [0.1, 0.15) is 5.75 Å². The molecule has 0 amide bonds. The quantitative estimate of drug-likeness (QED) is 0.385. The van der Waals surface area contributed by atoms with Gasteiger partial charge in [0.05, 0.1) is 5.60 Å². The molecule has 1 saturated heterocycles. The second kappa shape index (κ2) is 10.0. The van der Waals surface area contributed by atoms with Crippen LogP contribution in [0.2, 0.25) is 5.02 Å². The largest absolute Gasteiger partial charge is 0.438 e. The van der Waals surface area contributed by atoms with Crippen molar-refractivity contribution in [3.05, 3.63) is 88.6 Å². The number of nitrogens with zero attached hydrogens (tertiary/aromatic N) is 5. The number of hydrogen-bond donors (Lipinski definition) is 2. The van der Waals surface area contributed by atoms with Crippen molar-refractivity contribution in [1.82, 2.24) is 30.5 Å². The molecular formula is C28H27ClN6O2. The summed E-state index contributed by atoms with van der Waals surface area (Å²) in [5, 5.41) is 26.4. The molecule has 0 radical (unpaired) electrons. The molecule has 2 N–H and O–H groups in total. The maximum absolute atomic E-state index is 11.2. The van der Waals surface area contributed by atoms with Crippen molar-refractivity contribution in [2.45, 2.75) is 31.3 Å². The Bertz CT molecular complexity index is 1410. The average Bonchev–Trinajstić information content (AvgIpc) is 3.40. The van der Waals surface area contributed by atoms with Crippen LogP contribution in [-0.4, -0.2) is 55.2 Å². The molecule has 8 nitrogen and oxygen atoms in total. The van der Waals surface area contributed by atoms with Crippen LogP contribution in [0.15, 0.2) is 66.9 Å². The summed E-state index contributed by atoms with van der Waals surface area (Å²) in [6.45, 7) is 2.60. The van der Waals surface area contributed by atoms with E-state index in [0.717, 1.165) is 59.6 Å². The van der Waals surface area contributed by atoms with Gasteiger partial charge in [-0.25, -0.2) is 10.1 Å². The van der Waals surface area contributed by atoms with Gasteiger partial charge >= 0.3 is 0 Å². The molecule has 1 fully saturated rings. The summed E-state index contributed by atoms with van der Waals surface area (Å²) in [6.07, 6.45) is 7.00. The lowest BCUT2D eigenvalue weighted by atomic mass is 9.84. The second-order valence-electron chi connectivity index (χ2n) is 9.57. The SMILES string of the molecule is OC1(c2ccc(Cl)cc2)CCN(CC/C=C2/Cc3c(cccc3-c3nnn[nH]3)Oc3ncccc32)CC1. The van der Waals surface area contributed by atoms with Crippen molar-refractivity contribution in [2.24, 2.45) is 0 Å². The molecule has 188 valence electrons. The molecule has 4 heterocycles. The third-order valence-corrected chi connectivity index (χ3v) is 7.58. The zero-order chi connectivity index (χ0) is 25.2. The zero-order valence-corrected chi connectivity index (χ0v) is 21.0. The van der Waals surface area contributed by atoms with E-state index in [4.69, 9.17) is 16.3 Å². The number of halogens is 1. The van der Waals surface area contributed by atoms with Crippen LogP contribution in [0.4, 0.5) is 0 Å². The Hall–Kier alpha value is -3.59. The number of aliphatic hydroxyl groups is 1. The minimum Gasteiger partial charge on any atom is -0.438 e. The first kappa shape index (κ1) is 23.8. The van der Waals surface area contributed by atoms with Crippen molar-refractivity contribution in [2.75, 3.05) is 19.6 Å². The van der Waals surface area contributed by atoms with E-state index in [-0.39, 0.29) is 0 Å². The first-order valence-corrected chi connectivity index (χ1v) is 12.9. The molecule has 37 heavy (non-hydrogen) atoms. The van der Waals surface area contributed by atoms with Gasteiger partial charge in [0.15, 0.2) is 5.82 Å². The van der Waals surface area contributed by atoms with Crippen LogP contribution >= 0.6 is 11.6 Å². The molecule has 6 rings (SSSR count). The number of likely N-dealkylation sites (tertiary alicyclic amines) is 1. The highest BCUT2D eigenvalue weighted by molar-refractivity contribution is 6.30. The fraction of sp³-hybridized carbons (Fsp3) is 0.286. The van der Waals surface area contributed by atoms with Crippen molar-refractivity contribution < 1.29 is 9.84 Å². The monoisotopic (exact) mass is 514 g/mol. The first-order valence-electron chi connectivity index (χ1n) is 12.5. The van der Waals surface area contributed by atoms with Crippen LogP contribution in [0, 0.1) is 0 Å². The fourth-order valence-electron chi connectivity index (χ4n) is 5.24. The molecule has 9 heteroatoms. The number of fused-ring (bicyclic) bond motifs is 2. The van der Waals surface area contributed by atoms with Gasteiger partial charge in [-0.3, -0.25) is 0 Å². The normalized spacial score (nSPS) is 18.1. The van der Waals surface area contributed by atoms with Crippen LogP contribution < -0.4 is 4.74 Å². The number of aromatic amines is 1. The number of ether oxygens (including phenoxy) is 1. The van der Waals surface area contributed by atoms with Crippen molar-refractivity contribution >= 4 is 17.2 Å². The maximum atomic E-state index is 11.2. The molecule has 2 aliphatic heterocycles. The summed E-state index contributed by atoms with van der Waals surface area (Å²) >= 11 is 6.03. The molecule has 2 aromatic carbocycles. The third kappa shape index (κ3) is 4.87. The Morgan fingerprint density at radius 3 is 2.65 bits per heavy atom. The smallest absolute Gasteiger partial charge is 0.226 e. The van der Waals surface area contributed by atoms with E-state index >= 15 is 0 Å². The number of nitrogens with one attached hydrogen (secondary N) is 1. The Labute approximate surface area is 220 Å². The van der Waals surface area contributed by atoms with E-state index in [0.29, 0.717) is 36.0 Å². The lowest BCUT2D eigenvalue weighted by Gasteiger charge is -2.38. The first-order chi connectivity index (χ1) is 18.1. The number of benzene rings is 2. The number of hydrogen-bond acceptors (Lipinski definition) is 7. The molecule has 0 saturated carbocycles. The number of aromatic nitrogens is 5. The number of allylic oxidation sites excluding steroid dienone is 1. The Balaban J connectivity index is 1.19. The number of H-pyrrole nitrogens is 1. The minimum absolute atomic E-state index is 0.603. The molecular weight excluding hydrogens is 488 g/mol. The highest BCUT2D eigenvalue weighted by atomic mass is 35.5.